The number of fused-ring (bicyclic) bond motifs is 1. The summed E-state index contributed by atoms with van der Waals surface area (Å²) >= 11 is 0. The number of carboxylic acids is 2. The van der Waals surface area contributed by atoms with E-state index >= 15 is 0 Å². The third kappa shape index (κ3) is 9.67. The van der Waals surface area contributed by atoms with E-state index < -0.39 is 24.3 Å². The Bertz CT molecular complexity index is 1290. The second-order valence-corrected chi connectivity index (χ2v) is 8.85. The molecule has 224 valence electrons. The highest BCUT2D eigenvalue weighted by atomic mass is 19.4. The number of aliphatic carboxylic acids is 2. The summed E-state index contributed by atoms with van der Waals surface area (Å²) in [7, 11) is 2.00. The largest absolute Gasteiger partial charge is 0.490 e. The number of hydrogen-bond donors (Lipinski definition) is 3. The number of benzene rings is 1. The summed E-state index contributed by atoms with van der Waals surface area (Å²) in [6.07, 6.45) is -8.37. The number of nitrogens with zero attached hydrogens (tertiary/aromatic N) is 5. The molecule has 3 heterocycles. The molecule has 2 aliphatic heterocycles. The molecule has 3 N–H and O–H groups in total. The lowest BCUT2D eigenvalue weighted by molar-refractivity contribution is -0.193. The van der Waals surface area contributed by atoms with Gasteiger partial charge in [-0.05, 0) is 24.5 Å². The zero-order chi connectivity index (χ0) is 31.0. The Morgan fingerprint density at radius 1 is 1.00 bits per heavy atom. The number of nitriles is 1. The molecule has 11 nitrogen and oxygen atoms in total. The van der Waals surface area contributed by atoms with Crippen molar-refractivity contribution in [2.24, 2.45) is 0 Å². The Labute approximate surface area is 229 Å². The van der Waals surface area contributed by atoms with Crippen molar-refractivity contribution in [2.45, 2.75) is 31.7 Å². The van der Waals surface area contributed by atoms with Gasteiger partial charge in [0.2, 0.25) is 5.95 Å². The normalized spacial score (nSPS) is 15.4. The Kier molecular flexibility index (Phi) is 11.1. The second-order valence-electron chi connectivity index (χ2n) is 8.85. The lowest BCUT2D eigenvalue weighted by Gasteiger charge is -2.36. The minimum Gasteiger partial charge on any atom is -0.475 e. The number of halogens is 6. The predicted molar refractivity (Wildman–Crippen MR) is 132 cm³/mol. The number of rotatable bonds is 3. The summed E-state index contributed by atoms with van der Waals surface area (Å²) in [6.45, 7) is 5.07. The molecule has 1 fully saturated rings. The lowest BCUT2D eigenvalue weighted by atomic mass is 10.1. The molecular weight excluding hydrogens is 566 g/mol. The van der Waals surface area contributed by atoms with Crippen molar-refractivity contribution >= 4 is 23.7 Å². The SMILES string of the molecule is CN1CCCc2c1nc(N1CCN(Cc3ccccc3C#N)CC1)[nH]c2=O.O=C(O)C(F)(F)F.O=C(O)C(F)(F)F. The summed E-state index contributed by atoms with van der Waals surface area (Å²) in [5, 5.41) is 23.5. The van der Waals surface area contributed by atoms with Crippen molar-refractivity contribution in [2.75, 3.05) is 49.6 Å². The molecule has 0 spiro atoms. The highest BCUT2D eigenvalue weighted by Gasteiger charge is 2.38. The van der Waals surface area contributed by atoms with Gasteiger partial charge in [-0.25, -0.2) is 9.59 Å². The number of alkyl halides is 6. The van der Waals surface area contributed by atoms with Gasteiger partial charge in [0.15, 0.2) is 0 Å². The van der Waals surface area contributed by atoms with Gasteiger partial charge in [-0.2, -0.15) is 36.6 Å². The third-order valence-corrected chi connectivity index (χ3v) is 5.95. The first-order valence-corrected chi connectivity index (χ1v) is 11.9. The average Bonchev–Trinajstić information content (AvgIpc) is 2.89. The van der Waals surface area contributed by atoms with Gasteiger partial charge in [-0.15, -0.1) is 0 Å². The van der Waals surface area contributed by atoms with E-state index in [1.165, 1.54) is 0 Å². The Hall–Kier alpha value is -4.33. The zero-order valence-electron chi connectivity index (χ0n) is 21.6. The van der Waals surface area contributed by atoms with E-state index in [9.17, 15) is 36.4 Å². The molecule has 0 aliphatic carbocycles. The number of carbonyl (C=O) groups is 2. The molecule has 1 aromatic carbocycles. The van der Waals surface area contributed by atoms with E-state index in [1.807, 2.05) is 31.3 Å². The monoisotopic (exact) mass is 592 g/mol. The Balaban J connectivity index is 0.000000349. The van der Waals surface area contributed by atoms with Gasteiger partial charge >= 0.3 is 24.3 Å². The van der Waals surface area contributed by atoms with Crippen molar-refractivity contribution in [1.29, 1.82) is 5.26 Å². The summed E-state index contributed by atoms with van der Waals surface area (Å²) in [5.41, 5.74) is 2.60. The van der Waals surface area contributed by atoms with Gasteiger partial charge in [-0.3, -0.25) is 14.7 Å². The second kappa shape index (κ2) is 13.8. The first-order chi connectivity index (χ1) is 19.0. The molecule has 1 saturated heterocycles. The van der Waals surface area contributed by atoms with E-state index in [0.29, 0.717) is 5.95 Å². The first-order valence-electron chi connectivity index (χ1n) is 11.9. The molecule has 0 atom stereocenters. The maximum Gasteiger partial charge on any atom is 0.490 e. The Morgan fingerprint density at radius 3 is 2.05 bits per heavy atom. The molecule has 17 heteroatoms. The zero-order valence-corrected chi connectivity index (χ0v) is 21.6. The molecule has 0 unspecified atom stereocenters. The van der Waals surface area contributed by atoms with Crippen LogP contribution in [0.4, 0.5) is 38.1 Å². The van der Waals surface area contributed by atoms with Crippen LogP contribution in [0, 0.1) is 11.3 Å². The van der Waals surface area contributed by atoms with Crippen LogP contribution in [0.5, 0.6) is 0 Å². The van der Waals surface area contributed by atoms with Gasteiger partial charge in [0.1, 0.15) is 5.82 Å². The van der Waals surface area contributed by atoms with Crippen LogP contribution in [0.2, 0.25) is 0 Å². The number of aromatic nitrogens is 2. The molecule has 2 aliphatic rings. The maximum atomic E-state index is 12.5. The van der Waals surface area contributed by atoms with Crippen molar-refractivity contribution in [3.8, 4) is 6.07 Å². The summed E-state index contributed by atoms with van der Waals surface area (Å²) < 4.78 is 63.5. The highest BCUT2D eigenvalue weighted by molar-refractivity contribution is 5.73. The molecule has 2 aromatic rings. The van der Waals surface area contributed by atoms with Crippen LogP contribution in [0.15, 0.2) is 29.1 Å². The summed E-state index contributed by atoms with van der Waals surface area (Å²) in [6, 6.07) is 10.0. The molecule has 0 saturated carbocycles. The number of anilines is 2. The number of aromatic amines is 1. The summed E-state index contributed by atoms with van der Waals surface area (Å²) in [4.78, 5) is 44.5. The average molecular weight is 592 g/mol. The minimum atomic E-state index is -5.08. The fourth-order valence-electron chi connectivity index (χ4n) is 3.89. The van der Waals surface area contributed by atoms with E-state index in [0.717, 1.165) is 74.6 Å². The van der Waals surface area contributed by atoms with Crippen LogP contribution in [0.25, 0.3) is 0 Å². The van der Waals surface area contributed by atoms with Crippen LogP contribution in [-0.4, -0.2) is 89.1 Å². The predicted octanol–water partition coefficient (Wildman–Crippen LogP) is 2.61. The minimum absolute atomic E-state index is 0.00747. The molecule has 0 bridgehead atoms. The van der Waals surface area contributed by atoms with Gasteiger partial charge in [0, 0.05) is 46.3 Å². The van der Waals surface area contributed by atoms with Gasteiger partial charge in [0.05, 0.1) is 17.2 Å². The number of piperazine rings is 1. The highest BCUT2D eigenvalue weighted by Crippen LogP contribution is 2.23. The topological polar surface area (TPSA) is 154 Å². The van der Waals surface area contributed by atoms with Crippen molar-refractivity contribution < 1.29 is 46.1 Å². The van der Waals surface area contributed by atoms with Gasteiger partial charge in [0.25, 0.3) is 5.56 Å². The van der Waals surface area contributed by atoms with Crippen molar-refractivity contribution in [3.05, 3.63) is 51.3 Å². The fourth-order valence-corrected chi connectivity index (χ4v) is 3.89. The standard InChI is InChI=1S/C20H24N6O.2C2HF3O2/c1-24-8-4-7-17-18(24)22-20(23-19(17)27)26-11-9-25(10-12-26)14-16-6-3-2-5-15(16)13-21;2*3-2(4,5)1(6)7/h2-3,5-6H,4,7-12,14H2,1H3,(H,22,23,27);2*(H,6,7). The number of hydrogen-bond acceptors (Lipinski definition) is 8. The number of H-pyrrole nitrogens is 1. The van der Waals surface area contributed by atoms with E-state index in [-0.39, 0.29) is 5.56 Å². The third-order valence-electron chi connectivity index (χ3n) is 5.95. The van der Waals surface area contributed by atoms with Gasteiger partial charge in [-0.1, -0.05) is 18.2 Å². The molecule has 1 aromatic heterocycles. The molecule has 0 radical (unpaired) electrons. The van der Waals surface area contributed by atoms with E-state index in [1.54, 1.807) is 0 Å². The number of carboxylic acid groups (broad SMARTS) is 2. The molecule has 0 amide bonds. The van der Waals surface area contributed by atoms with E-state index in [2.05, 4.69) is 25.8 Å². The smallest absolute Gasteiger partial charge is 0.475 e. The van der Waals surface area contributed by atoms with Crippen LogP contribution >= 0.6 is 0 Å². The van der Waals surface area contributed by atoms with Crippen molar-refractivity contribution in [1.82, 2.24) is 14.9 Å². The summed E-state index contributed by atoms with van der Waals surface area (Å²) in [5.74, 6) is -4.02. The first kappa shape index (κ1) is 32.9. The number of nitrogens with one attached hydrogen (secondary N) is 1. The van der Waals surface area contributed by atoms with Crippen LogP contribution in [0.3, 0.4) is 0 Å². The van der Waals surface area contributed by atoms with Gasteiger partial charge < -0.3 is 20.0 Å². The molecular formula is C24H26F6N6O5. The van der Waals surface area contributed by atoms with Crippen LogP contribution in [-0.2, 0) is 22.6 Å². The van der Waals surface area contributed by atoms with Crippen LogP contribution < -0.4 is 15.4 Å². The molecule has 41 heavy (non-hydrogen) atoms. The molecule has 4 rings (SSSR count). The van der Waals surface area contributed by atoms with Crippen LogP contribution in [0.1, 0.15) is 23.1 Å². The lowest BCUT2D eigenvalue weighted by Crippen LogP contribution is -2.47. The Morgan fingerprint density at radius 2 is 1.54 bits per heavy atom. The quantitative estimate of drug-likeness (QED) is 0.454. The fraction of sp³-hybridized carbons (Fsp3) is 0.458. The maximum absolute atomic E-state index is 12.5. The van der Waals surface area contributed by atoms with Crippen molar-refractivity contribution in [3.63, 3.8) is 0 Å². The van der Waals surface area contributed by atoms with E-state index in [4.69, 9.17) is 24.8 Å².